The molecule has 0 saturated heterocycles. The average molecular weight is 421 g/mol. The molecule has 0 aromatic carbocycles. The Hall–Kier alpha value is -1.10. The van der Waals surface area contributed by atoms with Crippen molar-refractivity contribution in [2.24, 2.45) is 40.9 Å². The Morgan fingerprint density at radius 1 is 1.00 bits per heavy atom. The van der Waals surface area contributed by atoms with Gasteiger partial charge in [-0.1, -0.05) is 20.8 Å². The first-order valence-electron chi connectivity index (χ1n) is 12.3. The lowest BCUT2D eigenvalue weighted by Gasteiger charge is -2.60. The summed E-state index contributed by atoms with van der Waals surface area (Å²) in [6, 6.07) is 0. The van der Waals surface area contributed by atoms with Gasteiger partial charge in [0.05, 0.1) is 18.4 Å². The second-order valence-corrected chi connectivity index (χ2v) is 11.4. The molecule has 4 aliphatic carbocycles. The van der Waals surface area contributed by atoms with Gasteiger partial charge in [0, 0.05) is 0 Å². The fourth-order valence-corrected chi connectivity index (χ4v) is 8.37. The second-order valence-electron chi connectivity index (χ2n) is 11.4. The molecule has 5 heteroatoms. The maximum atomic E-state index is 12.0. The molecule has 5 unspecified atom stereocenters. The van der Waals surface area contributed by atoms with Gasteiger partial charge >= 0.3 is 11.9 Å². The van der Waals surface area contributed by atoms with E-state index in [0.717, 1.165) is 32.1 Å². The smallest absolute Gasteiger partial charge is 0.306 e. The molecule has 4 saturated carbocycles. The summed E-state index contributed by atoms with van der Waals surface area (Å²) >= 11 is 0. The summed E-state index contributed by atoms with van der Waals surface area (Å²) in [6.45, 7) is 7.01. The average Bonchev–Trinajstić information content (AvgIpc) is 3.04. The zero-order valence-electron chi connectivity index (χ0n) is 18.9. The van der Waals surface area contributed by atoms with Crippen LogP contribution in [0.3, 0.4) is 0 Å². The Labute approximate surface area is 180 Å². The summed E-state index contributed by atoms with van der Waals surface area (Å²) in [5, 5.41) is 20.5. The summed E-state index contributed by atoms with van der Waals surface area (Å²) in [5.74, 6) is 2.04. The quantitative estimate of drug-likeness (QED) is 0.624. The van der Waals surface area contributed by atoms with E-state index >= 15 is 0 Å². The normalized spacial score (nSPS) is 45.4. The van der Waals surface area contributed by atoms with Crippen molar-refractivity contribution in [3.63, 3.8) is 0 Å². The highest BCUT2D eigenvalue weighted by Gasteiger charge is 2.61. The fraction of sp³-hybridized carbons (Fsp3) is 0.920. The van der Waals surface area contributed by atoms with Crippen molar-refractivity contribution in [1.82, 2.24) is 0 Å². The lowest BCUT2D eigenvalue weighted by molar-refractivity contribution is -0.176. The van der Waals surface area contributed by atoms with E-state index in [1.165, 1.54) is 25.7 Å². The molecule has 2 N–H and O–H groups in total. The molecular weight excluding hydrogens is 380 g/mol. The number of carbonyl (C=O) groups excluding carboxylic acids is 1. The molecule has 0 aromatic rings. The first kappa shape index (κ1) is 22.1. The van der Waals surface area contributed by atoms with Gasteiger partial charge in [0.25, 0.3) is 0 Å². The number of carboxylic acids is 1. The SMILES string of the molecule is CC(C)C1CCC2[C@@H]3CCC4CC(OC(=O)CCC(=O)O)CC[C@]4(C)C3CC[C@]12O. The second kappa shape index (κ2) is 8.11. The summed E-state index contributed by atoms with van der Waals surface area (Å²) in [7, 11) is 0. The number of carboxylic acid groups (broad SMARTS) is 1. The first-order chi connectivity index (χ1) is 14.1. The Kier molecular flexibility index (Phi) is 5.97. The molecular formula is C25H40O5. The highest BCUT2D eigenvalue weighted by Crippen LogP contribution is 2.65. The van der Waals surface area contributed by atoms with E-state index in [1.807, 2.05) is 0 Å². The number of fused-ring (bicyclic) bond motifs is 5. The van der Waals surface area contributed by atoms with E-state index in [4.69, 9.17) is 9.84 Å². The molecule has 30 heavy (non-hydrogen) atoms. The Bertz CT molecular complexity index is 674. The van der Waals surface area contributed by atoms with E-state index < -0.39 is 11.6 Å². The number of ether oxygens (including phenoxy) is 1. The molecule has 5 nitrogen and oxygen atoms in total. The van der Waals surface area contributed by atoms with Crippen LogP contribution in [0.15, 0.2) is 0 Å². The molecule has 0 spiro atoms. The van der Waals surface area contributed by atoms with Gasteiger partial charge in [-0.2, -0.15) is 0 Å². The maximum absolute atomic E-state index is 12.0. The standard InChI is InChI=1S/C25H40O5/c1-15(2)19-6-7-21-18-5-4-16-14-17(30-23(28)9-8-22(26)27)10-12-24(16,3)20(18)11-13-25(19,21)29/h15-21,29H,4-14H2,1-3H3,(H,26,27)/t16?,17?,18-,19?,20?,21?,24+,25+/m1/s1. The minimum absolute atomic E-state index is 0.0320. The van der Waals surface area contributed by atoms with Crippen molar-refractivity contribution in [3.05, 3.63) is 0 Å². The van der Waals surface area contributed by atoms with Crippen LogP contribution in [0.1, 0.15) is 91.4 Å². The van der Waals surface area contributed by atoms with Gasteiger partial charge in [-0.25, -0.2) is 0 Å². The van der Waals surface area contributed by atoms with Crippen molar-refractivity contribution >= 4 is 11.9 Å². The van der Waals surface area contributed by atoms with Crippen LogP contribution >= 0.6 is 0 Å². The number of aliphatic hydroxyl groups is 1. The van der Waals surface area contributed by atoms with Crippen molar-refractivity contribution in [2.75, 3.05) is 0 Å². The third-order valence-electron chi connectivity index (χ3n) is 9.79. The van der Waals surface area contributed by atoms with Gasteiger partial charge in [-0.05, 0) is 98.7 Å². The summed E-state index contributed by atoms with van der Waals surface area (Å²) in [4.78, 5) is 22.7. The van der Waals surface area contributed by atoms with Gasteiger partial charge in [0.1, 0.15) is 6.10 Å². The number of esters is 1. The minimum atomic E-state index is -0.953. The predicted octanol–water partition coefficient (Wildman–Crippen LogP) is 4.80. The minimum Gasteiger partial charge on any atom is -0.481 e. The third kappa shape index (κ3) is 3.69. The highest BCUT2D eigenvalue weighted by molar-refractivity contribution is 5.76. The van der Waals surface area contributed by atoms with Crippen LogP contribution in [0.5, 0.6) is 0 Å². The largest absolute Gasteiger partial charge is 0.481 e. The highest BCUT2D eigenvalue weighted by atomic mass is 16.5. The lowest BCUT2D eigenvalue weighted by atomic mass is 9.46. The van der Waals surface area contributed by atoms with Gasteiger partial charge in [-0.15, -0.1) is 0 Å². The number of hydrogen-bond donors (Lipinski definition) is 2. The van der Waals surface area contributed by atoms with E-state index in [-0.39, 0.29) is 30.3 Å². The van der Waals surface area contributed by atoms with Crippen LogP contribution in [0.25, 0.3) is 0 Å². The number of carbonyl (C=O) groups is 2. The Morgan fingerprint density at radius 2 is 1.77 bits per heavy atom. The van der Waals surface area contributed by atoms with Crippen molar-refractivity contribution in [3.8, 4) is 0 Å². The van der Waals surface area contributed by atoms with E-state index in [2.05, 4.69) is 20.8 Å². The molecule has 170 valence electrons. The monoisotopic (exact) mass is 420 g/mol. The van der Waals surface area contributed by atoms with Crippen LogP contribution < -0.4 is 0 Å². The topological polar surface area (TPSA) is 83.8 Å². The van der Waals surface area contributed by atoms with Crippen LogP contribution in [0, 0.1) is 40.9 Å². The zero-order chi connectivity index (χ0) is 21.7. The van der Waals surface area contributed by atoms with Crippen LogP contribution in [-0.4, -0.2) is 33.9 Å². The van der Waals surface area contributed by atoms with Crippen molar-refractivity contribution in [2.45, 2.75) is 103 Å². The zero-order valence-corrected chi connectivity index (χ0v) is 18.9. The van der Waals surface area contributed by atoms with Crippen LogP contribution in [-0.2, 0) is 14.3 Å². The van der Waals surface area contributed by atoms with E-state index in [1.54, 1.807) is 0 Å². The van der Waals surface area contributed by atoms with Gasteiger partial charge in [-0.3, -0.25) is 9.59 Å². The van der Waals surface area contributed by atoms with E-state index in [9.17, 15) is 14.7 Å². The molecule has 4 rings (SSSR count). The summed E-state index contributed by atoms with van der Waals surface area (Å²) in [6.07, 6.45) is 9.46. The number of rotatable bonds is 5. The Balaban J connectivity index is 1.41. The van der Waals surface area contributed by atoms with Crippen molar-refractivity contribution < 1.29 is 24.5 Å². The summed E-state index contributed by atoms with van der Waals surface area (Å²) in [5.41, 5.74) is -0.167. The van der Waals surface area contributed by atoms with Gasteiger partial charge in [0.2, 0.25) is 0 Å². The van der Waals surface area contributed by atoms with Gasteiger partial charge < -0.3 is 14.9 Å². The van der Waals surface area contributed by atoms with E-state index in [0.29, 0.717) is 35.5 Å². The Morgan fingerprint density at radius 3 is 2.47 bits per heavy atom. The van der Waals surface area contributed by atoms with Crippen LogP contribution in [0.4, 0.5) is 0 Å². The molecule has 0 radical (unpaired) electrons. The van der Waals surface area contributed by atoms with Gasteiger partial charge in [0.15, 0.2) is 0 Å². The number of hydrogen-bond acceptors (Lipinski definition) is 4. The molecule has 0 aliphatic heterocycles. The molecule has 8 atom stereocenters. The molecule has 0 bridgehead atoms. The first-order valence-corrected chi connectivity index (χ1v) is 12.3. The molecule has 0 aromatic heterocycles. The molecule has 4 aliphatic rings. The summed E-state index contributed by atoms with van der Waals surface area (Å²) < 4.78 is 5.66. The van der Waals surface area contributed by atoms with Crippen molar-refractivity contribution in [1.29, 1.82) is 0 Å². The molecule has 4 fully saturated rings. The maximum Gasteiger partial charge on any atom is 0.306 e. The number of aliphatic carboxylic acids is 1. The van der Waals surface area contributed by atoms with Crippen LogP contribution in [0.2, 0.25) is 0 Å². The third-order valence-corrected chi connectivity index (χ3v) is 9.79. The fourth-order valence-electron chi connectivity index (χ4n) is 8.37. The predicted molar refractivity (Wildman–Crippen MR) is 114 cm³/mol. The molecule has 0 amide bonds. The molecule has 0 heterocycles. The lowest BCUT2D eigenvalue weighted by Crippen LogP contribution is -2.57.